The molecule has 0 fully saturated rings. The van der Waals surface area contributed by atoms with Gasteiger partial charge in [0.05, 0.1) is 30.9 Å². The summed E-state index contributed by atoms with van der Waals surface area (Å²) < 4.78 is 0. The first-order chi connectivity index (χ1) is 27.2. The number of nitrogens with one attached hydrogen (secondary N) is 4. The molecule has 2 aromatic heterocycles. The molecule has 2 aromatic carbocycles. The molecule has 0 saturated heterocycles. The second kappa shape index (κ2) is 21.8. The number of hydrogen-bond donors (Lipinski definition) is 6. The summed E-state index contributed by atoms with van der Waals surface area (Å²) in [5.74, 6) is -1.78. The fraction of sp³-hybridized carbons (Fsp3) is 0.429. The molecule has 0 aliphatic rings. The Morgan fingerprint density at radius 2 is 1.07 bits per heavy atom. The van der Waals surface area contributed by atoms with Gasteiger partial charge in [0.25, 0.3) is 0 Å². The molecule has 0 unspecified atom stereocenters. The Hall–Kier alpha value is -5.38. The number of thiazole rings is 1. The Bertz CT molecular complexity index is 1830. The number of amides is 6. The van der Waals surface area contributed by atoms with E-state index in [0.29, 0.717) is 5.69 Å². The average molecular weight is 801 g/mol. The zero-order chi connectivity index (χ0) is 41.5. The van der Waals surface area contributed by atoms with Gasteiger partial charge >= 0.3 is 12.1 Å². The van der Waals surface area contributed by atoms with Gasteiger partial charge in [-0.1, -0.05) is 94.4 Å². The van der Waals surface area contributed by atoms with Gasteiger partial charge < -0.3 is 41.3 Å². The molecule has 6 atom stereocenters. The van der Waals surface area contributed by atoms with Gasteiger partial charge in [-0.2, -0.15) is 0 Å². The van der Waals surface area contributed by atoms with Crippen LogP contribution in [-0.2, 0) is 35.5 Å². The lowest BCUT2D eigenvalue weighted by molar-refractivity contribution is -0.129. The lowest BCUT2D eigenvalue weighted by atomic mass is 9.90. The summed E-state index contributed by atoms with van der Waals surface area (Å²) >= 11 is 1.42. The van der Waals surface area contributed by atoms with Crippen LogP contribution in [0.2, 0.25) is 0 Å². The molecule has 4 rings (SSSR count). The highest BCUT2D eigenvalue weighted by Gasteiger charge is 2.38. The lowest BCUT2D eigenvalue weighted by Crippen LogP contribution is -2.62. The first-order valence-electron chi connectivity index (χ1n) is 19.1. The van der Waals surface area contributed by atoms with Gasteiger partial charge in [-0.05, 0) is 47.9 Å². The number of aliphatic hydroxyl groups excluding tert-OH is 2. The minimum atomic E-state index is -1.59. The first-order valence-corrected chi connectivity index (χ1v) is 20.0. The third-order valence-electron chi connectivity index (χ3n) is 9.56. The predicted molar refractivity (Wildman–Crippen MR) is 220 cm³/mol. The molecule has 6 amide bonds. The quantitative estimate of drug-likeness (QED) is 0.0827. The summed E-state index contributed by atoms with van der Waals surface area (Å²) in [6.45, 7) is 7.68. The maximum Gasteiger partial charge on any atom is 0.318 e. The van der Waals surface area contributed by atoms with Crippen LogP contribution in [0.15, 0.2) is 96.6 Å². The van der Waals surface area contributed by atoms with E-state index in [1.54, 1.807) is 66.3 Å². The molecule has 4 aromatic rings. The molecule has 14 nitrogen and oxygen atoms in total. The van der Waals surface area contributed by atoms with Gasteiger partial charge in [-0.3, -0.25) is 14.6 Å². The number of pyridine rings is 1. The number of carbonyl (C=O) groups is 4. The largest absolute Gasteiger partial charge is 0.388 e. The second-order valence-corrected chi connectivity index (χ2v) is 15.9. The summed E-state index contributed by atoms with van der Waals surface area (Å²) in [6.07, 6.45) is 0.382. The van der Waals surface area contributed by atoms with Crippen LogP contribution in [0.3, 0.4) is 0 Å². The van der Waals surface area contributed by atoms with Crippen molar-refractivity contribution < 1.29 is 29.4 Å². The summed E-state index contributed by atoms with van der Waals surface area (Å²) in [4.78, 5) is 65.9. The molecule has 57 heavy (non-hydrogen) atoms. The van der Waals surface area contributed by atoms with E-state index in [1.165, 1.54) is 21.1 Å². The van der Waals surface area contributed by atoms with Gasteiger partial charge in [0.1, 0.15) is 29.3 Å². The van der Waals surface area contributed by atoms with E-state index >= 15 is 0 Å². The van der Waals surface area contributed by atoms with Crippen molar-refractivity contribution in [3.8, 4) is 0 Å². The standard InChI is InChI=1S/C42H56N8O6S/c1-27(2)35(47-41(55)49(5)25-31-19-13-14-20-43-31)39(53)45-32(23-29-15-9-7-10-16-29)37(51)38(52)33(24-30-17-11-8-12-18-30)46-40(54)36(28(3)4)48-42(56)50(6)26-34-44-21-22-57-34/h7-22,27-28,32-33,35-38,51-52H,23-26H2,1-6H3,(H,45,53)(H,46,54)(H,47,55)(H,48,56)/t32-,33-,35-,36-,37-,38-/m0/s1. The molecular weight excluding hydrogens is 745 g/mol. The van der Waals surface area contributed by atoms with E-state index in [2.05, 4.69) is 31.2 Å². The van der Waals surface area contributed by atoms with Crippen molar-refractivity contribution in [2.24, 2.45) is 11.8 Å². The number of hydrogen-bond acceptors (Lipinski definition) is 9. The van der Waals surface area contributed by atoms with Crippen molar-refractivity contribution in [3.05, 3.63) is 118 Å². The maximum atomic E-state index is 14.0. The average Bonchev–Trinajstić information content (AvgIpc) is 3.71. The van der Waals surface area contributed by atoms with Crippen molar-refractivity contribution in [3.63, 3.8) is 0 Å². The normalized spacial score (nSPS) is 14.4. The summed E-state index contributed by atoms with van der Waals surface area (Å²) in [6, 6.07) is 18.8. The van der Waals surface area contributed by atoms with E-state index < -0.39 is 60.3 Å². The molecule has 0 radical (unpaired) electrons. The third kappa shape index (κ3) is 13.7. The third-order valence-corrected chi connectivity index (χ3v) is 10.3. The van der Waals surface area contributed by atoms with E-state index in [-0.39, 0.29) is 37.8 Å². The van der Waals surface area contributed by atoms with Gasteiger partial charge in [0.15, 0.2) is 0 Å². The van der Waals surface area contributed by atoms with E-state index in [1.807, 2.05) is 72.1 Å². The fourth-order valence-electron chi connectivity index (χ4n) is 6.24. The SMILES string of the molecule is CC(C)[C@H](NC(=O)N(C)Cc1ccccn1)C(=O)N[C@@H](Cc1ccccc1)[C@H](O)[C@@H](O)[C@H](Cc1ccccc1)NC(=O)[C@@H](NC(=O)N(C)Cc1nccs1)C(C)C. The van der Waals surface area contributed by atoms with E-state index in [9.17, 15) is 29.4 Å². The smallest absolute Gasteiger partial charge is 0.318 e. The second-order valence-electron chi connectivity index (χ2n) is 14.9. The minimum Gasteiger partial charge on any atom is -0.388 e. The topological polar surface area (TPSA) is 189 Å². The van der Waals surface area contributed by atoms with Crippen LogP contribution in [0.5, 0.6) is 0 Å². The van der Waals surface area contributed by atoms with Crippen LogP contribution in [0, 0.1) is 11.8 Å². The Kier molecular flexibility index (Phi) is 17.0. The minimum absolute atomic E-state index is 0.130. The highest BCUT2D eigenvalue weighted by Crippen LogP contribution is 2.17. The number of aromatic nitrogens is 2. The van der Waals surface area contributed by atoms with Crippen molar-refractivity contribution >= 4 is 35.2 Å². The van der Waals surface area contributed by atoms with Crippen LogP contribution in [0.1, 0.15) is 49.5 Å². The van der Waals surface area contributed by atoms with Crippen LogP contribution < -0.4 is 21.3 Å². The van der Waals surface area contributed by atoms with E-state index in [4.69, 9.17) is 0 Å². The monoisotopic (exact) mass is 800 g/mol. The van der Waals surface area contributed by atoms with E-state index in [0.717, 1.165) is 16.1 Å². The number of carbonyl (C=O) groups excluding carboxylic acids is 4. The van der Waals surface area contributed by atoms with Crippen LogP contribution in [0.4, 0.5) is 9.59 Å². The van der Waals surface area contributed by atoms with Crippen LogP contribution in [-0.4, -0.2) is 104 Å². The number of urea groups is 2. The molecular formula is C42H56N8O6S. The molecule has 0 spiro atoms. The highest BCUT2D eigenvalue weighted by atomic mass is 32.1. The fourth-order valence-corrected chi connectivity index (χ4v) is 6.91. The molecule has 0 bridgehead atoms. The number of benzene rings is 2. The Labute approximate surface area is 339 Å². The van der Waals surface area contributed by atoms with Gasteiger partial charge in [-0.15, -0.1) is 11.3 Å². The highest BCUT2D eigenvalue weighted by molar-refractivity contribution is 7.09. The lowest BCUT2D eigenvalue weighted by Gasteiger charge is -2.35. The number of rotatable bonds is 19. The van der Waals surface area contributed by atoms with Gasteiger partial charge in [0.2, 0.25) is 11.8 Å². The summed E-state index contributed by atoms with van der Waals surface area (Å²) in [5, 5.41) is 38.0. The molecule has 0 saturated carbocycles. The Morgan fingerprint density at radius 1 is 0.614 bits per heavy atom. The summed E-state index contributed by atoms with van der Waals surface area (Å²) in [7, 11) is 3.22. The Balaban J connectivity index is 1.56. The predicted octanol–water partition coefficient (Wildman–Crippen LogP) is 3.75. The summed E-state index contributed by atoms with van der Waals surface area (Å²) in [5.41, 5.74) is 2.24. The molecule has 0 aliphatic carbocycles. The molecule has 15 heteroatoms. The zero-order valence-corrected chi connectivity index (χ0v) is 34.2. The van der Waals surface area contributed by atoms with Crippen molar-refractivity contribution in [1.82, 2.24) is 41.0 Å². The molecule has 2 heterocycles. The van der Waals surface area contributed by atoms with Crippen molar-refractivity contribution in [2.75, 3.05) is 14.1 Å². The molecule has 306 valence electrons. The van der Waals surface area contributed by atoms with Crippen molar-refractivity contribution in [1.29, 1.82) is 0 Å². The molecule has 6 N–H and O–H groups in total. The molecule has 0 aliphatic heterocycles. The first kappa shape index (κ1) is 44.3. The van der Waals surface area contributed by atoms with Crippen molar-refractivity contribution in [2.45, 2.75) is 90.0 Å². The number of nitrogens with zero attached hydrogens (tertiary/aromatic N) is 4. The Morgan fingerprint density at radius 3 is 1.47 bits per heavy atom. The van der Waals surface area contributed by atoms with Crippen LogP contribution in [0.25, 0.3) is 0 Å². The van der Waals surface area contributed by atoms with Gasteiger partial charge in [-0.25, -0.2) is 14.6 Å². The maximum absolute atomic E-state index is 14.0. The zero-order valence-electron chi connectivity index (χ0n) is 33.4. The number of aliphatic hydroxyl groups is 2. The van der Waals surface area contributed by atoms with Crippen LogP contribution >= 0.6 is 11.3 Å². The van der Waals surface area contributed by atoms with Gasteiger partial charge in [0, 0.05) is 31.9 Å².